The Labute approximate surface area is 185 Å². The van der Waals surface area contributed by atoms with E-state index in [1.165, 1.54) is 13.2 Å². The summed E-state index contributed by atoms with van der Waals surface area (Å²) in [5, 5.41) is 18.8. The molecule has 1 aliphatic heterocycles. The fourth-order valence-corrected chi connectivity index (χ4v) is 3.68. The third-order valence-electron chi connectivity index (χ3n) is 5.17. The van der Waals surface area contributed by atoms with Crippen molar-refractivity contribution in [3.8, 4) is 6.07 Å². The number of amides is 1. The average Bonchev–Trinajstić information content (AvgIpc) is 2.77. The first-order valence-electron chi connectivity index (χ1n) is 9.76. The molecule has 2 aromatic carbocycles. The third kappa shape index (κ3) is 6.12. The molecule has 1 fully saturated rings. The Morgan fingerprint density at radius 2 is 1.81 bits per heavy atom. The van der Waals surface area contributed by atoms with Crippen molar-refractivity contribution in [2.75, 3.05) is 26.7 Å². The molecule has 0 atom stereocenters. The zero-order chi connectivity index (χ0) is 23.6. The number of carbonyl (C=O) groups excluding carboxylic acids is 2. The molecule has 9 heteroatoms. The summed E-state index contributed by atoms with van der Waals surface area (Å²) >= 11 is 0. The number of rotatable bonds is 7. The molecule has 2 N–H and O–H groups in total. The Morgan fingerprint density at radius 1 is 1.22 bits per heavy atom. The highest BCUT2D eigenvalue weighted by Crippen LogP contribution is 2.36. The van der Waals surface area contributed by atoms with E-state index in [1.807, 2.05) is 17.0 Å². The Hall–Kier alpha value is -3.77. The molecule has 0 aliphatic carbocycles. The largest absolute Gasteiger partial charge is 0.483 e. The zero-order valence-electron chi connectivity index (χ0n) is 17.6. The lowest BCUT2D eigenvalue weighted by Gasteiger charge is -2.49. The normalized spacial score (nSPS) is 14.0. The van der Waals surface area contributed by atoms with Crippen LogP contribution < -0.4 is 5.32 Å². The van der Waals surface area contributed by atoms with Gasteiger partial charge in [0.15, 0.2) is 0 Å². The summed E-state index contributed by atoms with van der Waals surface area (Å²) in [4.78, 5) is 34.7. The maximum atomic E-state index is 14.2. The van der Waals surface area contributed by atoms with Gasteiger partial charge < -0.3 is 15.2 Å². The van der Waals surface area contributed by atoms with Crippen molar-refractivity contribution in [3.63, 3.8) is 0 Å². The van der Waals surface area contributed by atoms with Crippen LogP contribution in [0.3, 0.4) is 0 Å². The fraction of sp³-hybridized carbons (Fsp3) is 0.304. The minimum Gasteiger partial charge on any atom is -0.483 e. The minimum atomic E-state index is -0.849. The van der Waals surface area contributed by atoms with Crippen LogP contribution in [0.4, 0.5) is 4.39 Å². The first-order chi connectivity index (χ1) is 15.4. The van der Waals surface area contributed by atoms with Gasteiger partial charge in [-0.1, -0.05) is 36.4 Å². The molecule has 3 rings (SSSR count). The van der Waals surface area contributed by atoms with Gasteiger partial charge in [-0.2, -0.15) is 5.26 Å². The monoisotopic (exact) mass is 441 g/mol. The lowest BCUT2D eigenvalue weighted by molar-refractivity contribution is -0.147. The standard InChI is InChI=1S/C22H22FN3O3.CH2O2/c1-29-20(27)12-25-21(28)22(10-16-6-4-5-9-19(16)23)14-26(15-22)13-18-8-3-2-7-17(18)11-24;2-1-3/h2-9H,10,12-15H2,1H3,(H,25,28);1H,(H,2,3). The number of carboxylic acid groups (broad SMARTS) is 1. The molecule has 0 bridgehead atoms. The predicted octanol–water partition coefficient (Wildman–Crippen LogP) is 1.73. The lowest BCUT2D eigenvalue weighted by Crippen LogP contribution is -2.64. The highest BCUT2D eigenvalue weighted by molar-refractivity contribution is 5.87. The van der Waals surface area contributed by atoms with Crippen molar-refractivity contribution in [1.82, 2.24) is 10.2 Å². The average molecular weight is 441 g/mol. The van der Waals surface area contributed by atoms with E-state index in [4.69, 9.17) is 9.90 Å². The van der Waals surface area contributed by atoms with Crippen molar-refractivity contribution in [2.24, 2.45) is 5.41 Å². The van der Waals surface area contributed by atoms with Gasteiger partial charge in [-0.3, -0.25) is 19.3 Å². The number of hydrogen-bond acceptors (Lipinski definition) is 6. The van der Waals surface area contributed by atoms with E-state index in [9.17, 15) is 19.2 Å². The predicted molar refractivity (Wildman–Crippen MR) is 113 cm³/mol. The summed E-state index contributed by atoms with van der Waals surface area (Å²) in [6.45, 7) is 0.834. The van der Waals surface area contributed by atoms with Crippen LogP contribution in [0.1, 0.15) is 16.7 Å². The zero-order valence-corrected chi connectivity index (χ0v) is 17.6. The maximum absolute atomic E-state index is 14.2. The summed E-state index contributed by atoms with van der Waals surface area (Å²) in [6, 6.07) is 15.9. The van der Waals surface area contributed by atoms with Gasteiger partial charge in [-0.25, -0.2) is 4.39 Å². The van der Waals surface area contributed by atoms with Gasteiger partial charge >= 0.3 is 5.97 Å². The number of carbonyl (C=O) groups is 3. The molecule has 1 heterocycles. The molecule has 168 valence electrons. The van der Waals surface area contributed by atoms with Crippen LogP contribution in [0.5, 0.6) is 0 Å². The number of halogens is 1. The van der Waals surface area contributed by atoms with Gasteiger partial charge in [0.1, 0.15) is 12.4 Å². The minimum absolute atomic E-state index is 0.225. The van der Waals surface area contributed by atoms with E-state index in [0.717, 1.165) is 5.56 Å². The van der Waals surface area contributed by atoms with E-state index >= 15 is 0 Å². The number of nitriles is 1. The lowest BCUT2D eigenvalue weighted by atomic mass is 9.73. The molecular formula is C23H24FN3O5. The van der Waals surface area contributed by atoms with Crippen LogP contribution in [0.2, 0.25) is 0 Å². The second-order valence-electron chi connectivity index (χ2n) is 7.33. The molecule has 1 saturated heterocycles. The summed E-state index contributed by atoms with van der Waals surface area (Å²) in [5.41, 5.74) is 1.08. The number of nitrogens with one attached hydrogen (secondary N) is 1. The molecule has 8 nitrogen and oxygen atoms in total. The van der Waals surface area contributed by atoms with Crippen molar-refractivity contribution in [3.05, 3.63) is 71.0 Å². The summed E-state index contributed by atoms with van der Waals surface area (Å²) < 4.78 is 18.8. The summed E-state index contributed by atoms with van der Waals surface area (Å²) in [7, 11) is 1.25. The van der Waals surface area contributed by atoms with Gasteiger partial charge in [0.25, 0.3) is 6.47 Å². The topological polar surface area (TPSA) is 120 Å². The van der Waals surface area contributed by atoms with Crippen LogP contribution in [0, 0.1) is 22.6 Å². The molecular weight excluding hydrogens is 417 g/mol. The van der Waals surface area contributed by atoms with Gasteiger partial charge in [0.2, 0.25) is 5.91 Å². The Bertz CT molecular complexity index is 999. The van der Waals surface area contributed by atoms with Gasteiger partial charge in [0, 0.05) is 19.6 Å². The van der Waals surface area contributed by atoms with Crippen LogP contribution in [-0.2, 0) is 32.1 Å². The molecule has 0 spiro atoms. The SMILES string of the molecule is COC(=O)CNC(=O)C1(Cc2ccccc2F)CN(Cc2ccccc2C#N)C1.O=CO. The van der Waals surface area contributed by atoms with Crippen molar-refractivity contribution in [2.45, 2.75) is 13.0 Å². The quantitative estimate of drug-likeness (QED) is 0.496. The number of ether oxygens (including phenoxy) is 1. The van der Waals surface area contributed by atoms with E-state index in [-0.39, 0.29) is 31.2 Å². The second kappa shape index (κ2) is 11.6. The Morgan fingerprint density at radius 3 is 2.41 bits per heavy atom. The van der Waals surface area contributed by atoms with Gasteiger partial charge in [-0.05, 0) is 29.7 Å². The highest BCUT2D eigenvalue weighted by Gasteiger charge is 2.49. The van der Waals surface area contributed by atoms with Crippen LogP contribution in [0.15, 0.2) is 48.5 Å². The van der Waals surface area contributed by atoms with Crippen molar-refractivity contribution >= 4 is 18.3 Å². The van der Waals surface area contributed by atoms with E-state index in [1.54, 1.807) is 30.3 Å². The number of likely N-dealkylation sites (tertiary alicyclic amines) is 1. The van der Waals surface area contributed by atoms with Crippen LogP contribution >= 0.6 is 0 Å². The molecule has 0 unspecified atom stereocenters. The van der Waals surface area contributed by atoms with Gasteiger partial charge in [-0.15, -0.1) is 0 Å². The van der Waals surface area contributed by atoms with Gasteiger partial charge in [0.05, 0.1) is 24.2 Å². The molecule has 0 radical (unpaired) electrons. The summed E-state index contributed by atoms with van der Waals surface area (Å²) in [6.07, 6.45) is 0.225. The fourth-order valence-electron chi connectivity index (χ4n) is 3.68. The maximum Gasteiger partial charge on any atom is 0.325 e. The Balaban J connectivity index is 0.00000114. The third-order valence-corrected chi connectivity index (χ3v) is 5.17. The molecule has 0 saturated carbocycles. The van der Waals surface area contributed by atoms with Crippen molar-refractivity contribution < 1.29 is 28.6 Å². The van der Waals surface area contributed by atoms with Crippen LogP contribution in [-0.4, -0.2) is 55.1 Å². The molecule has 0 aromatic heterocycles. The van der Waals surface area contributed by atoms with Crippen LogP contribution in [0.25, 0.3) is 0 Å². The number of nitrogens with zero attached hydrogens (tertiary/aromatic N) is 2. The first-order valence-corrected chi connectivity index (χ1v) is 9.76. The second-order valence-corrected chi connectivity index (χ2v) is 7.33. The van der Waals surface area contributed by atoms with E-state index < -0.39 is 11.4 Å². The number of esters is 1. The summed E-state index contributed by atoms with van der Waals surface area (Å²) in [5.74, 6) is -1.21. The first kappa shape index (κ1) is 24.5. The molecule has 1 amide bonds. The molecule has 2 aromatic rings. The smallest absolute Gasteiger partial charge is 0.325 e. The van der Waals surface area contributed by atoms with Crippen molar-refractivity contribution in [1.29, 1.82) is 5.26 Å². The Kier molecular flexibility index (Phi) is 8.86. The van der Waals surface area contributed by atoms with E-state index in [2.05, 4.69) is 16.1 Å². The van der Waals surface area contributed by atoms with E-state index in [0.29, 0.717) is 30.8 Å². The number of hydrogen-bond donors (Lipinski definition) is 2. The molecule has 1 aliphatic rings. The molecule has 32 heavy (non-hydrogen) atoms. The highest BCUT2D eigenvalue weighted by atomic mass is 19.1. The number of methoxy groups -OCH3 is 1. The number of benzene rings is 2.